The van der Waals surface area contributed by atoms with Gasteiger partial charge in [-0.3, -0.25) is 0 Å². The van der Waals surface area contributed by atoms with Crippen LogP contribution in [0.4, 0.5) is 13.2 Å². The molecule has 0 bridgehead atoms. The Labute approximate surface area is 89.4 Å². The molecule has 0 spiro atoms. The van der Waals surface area contributed by atoms with Crippen molar-refractivity contribution in [3.05, 3.63) is 0 Å². The molecule has 0 aromatic rings. The molecule has 15 heavy (non-hydrogen) atoms. The summed E-state index contributed by atoms with van der Waals surface area (Å²) in [6.07, 6.45) is -3.18. The summed E-state index contributed by atoms with van der Waals surface area (Å²) in [5, 5.41) is 2.82. The van der Waals surface area contributed by atoms with E-state index < -0.39 is 24.2 Å². The van der Waals surface area contributed by atoms with Crippen molar-refractivity contribution in [3.8, 4) is 0 Å². The van der Waals surface area contributed by atoms with Crippen molar-refractivity contribution in [2.75, 3.05) is 6.54 Å². The fourth-order valence-electron chi connectivity index (χ4n) is 1.49. The summed E-state index contributed by atoms with van der Waals surface area (Å²) in [4.78, 5) is 0. The van der Waals surface area contributed by atoms with Crippen molar-refractivity contribution in [2.24, 2.45) is 5.73 Å². The Bertz CT molecular complexity index is 178. The van der Waals surface area contributed by atoms with Gasteiger partial charge in [0.05, 0.1) is 6.42 Å². The van der Waals surface area contributed by atoms with Gasteiger partial charge in [0.15, 0.2) is 0 Å². The predicted octanol–water partition coefficient (Wildman–Crippen LogP) is 2.43. The van der Waals surface area contributed by atoms with E-state index in [0.29, 0.717) is 6.54 Å². The SMILES string of the molecule is CCCC(C)(N)CNC(C)CC(F)(F)F. The monoisotopic (exact) mass is 226 g/mol. The van der Waals surface area contributed by atoms with E-state index in [4.69, 9.17) is 5.73 Å². The van der Waals surface area contributed by atoms with Crippen molar-refractivity contribution in [2.45, 2.75) is 57.8 Å². The molecule has 0 aromatic carbocycles. The standard InChI is InChI=1S/C10H21F3N2/c1-4-5-9(3,14)7-15-8(2)6-10(11,12)13/h8,15H,4-7,14H2,1-3H3. The molecule has 0 aliphatic rings. The molecule has 5 heteroatoms. The Morgan fingerprint density at radius 3 is 2.27 bits per heavy atom. The van der Waals surface area contributed by atoms with Gasteiger partial charge in [0.1, 0.15) is 0 Å². The van der Waals surface area contributed by atoms with Gasteiger partial charge in [-0.05, 0) is 20.3 Å². The maximum atomic E-state index is 12.0. The number of halogens is 3. The molecule has 0 heterocycles. The highest BCUT2D eigenvalue weighted by atomic mass is 19.4. The van der Waals surface area contributed by atoms with Gasteiger partial charge in [0.2, 0.25) is 0 Å². The second-order valence-corrected chi connectivity index (χ2v) is 4.51. The maximum absolute atomic E-state index is 12.0. The second kappa shape index (κ2) is 5.70. The van der Waals surface area contributed by atoms with E-state index in [1.54, 1.807) is 0 Å². The first-order chi connectivity index (χ1) is 6.66. The van der Waals surface area contributed by atoms with Gasteiger partial charge < -0.3 is 11.1 Å². The minimum atomic E-state index is -4.11. The lowest BCUT2D eigenvalue weighted by Gasteiger charge is -2.27. The van der Waals surface area contributed by atoms with Crippen LogP contribution in [0.1, 0.15) is 40.0 Å². The van der Waals surface area contributed by atoms with E-state index in [0.717, 1.165) is 12.8 Å². The van der Waals surface area contributed by atoms with Crippen molar-refractivity contribution in [3.63, 3.8) is 0 Å². The molecule has 0 radical (unpaired) electrons. The fourth-order valence-corrected chi connectivity index (χ4v) is 1.49. The highest BCUT2D eigenvalue weighted by molar-refractivity contribution is 4.82. The van der Waals surface area contributed by atoms with Crippen LogP contribution in [0.3, 0.4) is 0 Å². The van der Waals surface area contributed by atoms with Crippen LogP contribution in [0.5, 0.6) is 0 Å². The van der Waals surface area contributed by atoms with Crippen molar-refractivity contribution in [1.29, 1.82) is 0 Å². The molecular weight excluding hydrogens is 205 g/mol. The van der Waals surface area contributed by atoms with Crippen LogP contribution >= 0.6 is 0 Å². The molecule has 92 valence electrons. The van der Waals surface area contributed by atoms with E-state index in [2.05, 4.69) is 5.32 Å². The first-order valence-electron chi connectivity index (χ1n) is 5.25. The van der Waals surface area contributed by atoms with Crippen LogP contribution in [0, 0.1) is 0 Å². The molecule has 0 aliphatic heterocycles. The maximum Gasteiger partial charge on any atom is 0.390 e. The Balaban J connectivity index is 3.84. The minimum Gasteiger partial charge on any atom is -0.324 e. The Hall–Kier alpha value is -0.290. The largest absolute Gasteiger partial charge is 0.390 e. The summed E-state index contributed by atoms with van der Waals surface area (Å²) in [6, 6.07) is -0.579. The molecule has 2 nitrogen and oxygen atoms in total. The quantitative estimate of drug-likeness (QED) is 0.730. The second-order valence-electron chi connectivity index (χ2n) is 4.51. The van der Waals surface area contributed by atoms with E-state index in [9.17, 15) is 13.2 Å². The van der Waals surface area contributed by atoms with E-state index in [1.165, 1.54) is 6.92 Å². The number of rotatable bonds is 6. The van der Waals surface area contributed by atoms with Crippen LogP contribution < -0.4 is 11.1 Å². The van der Waals surface area contributed by atoms with Gasteiger partial charge in [0, 0.05) is 18.1 Å². The van der Waals surface area contributed by atoms with Gasteiger partial charge in [-0.2, -0.15) is 13.2 Å². The van der Waals surface area contributed by atoms with Gasteiger partial charge in [-0.1, -0.05) is 13.3 Å². The van der Waals surface area contributed by atoms with Crippen LogP contribution in [0.15, 0.2) is 0 Å². The van der Waals surface area contributed by atoms with E-state index in [-0.39, 0.29) is 0 Å². The molecule has 2 unspecified atom stereocenters. The summed E-state index contributed by atoms with van der Waals surface area (Å²) >= 11 is 0. The lowest BCUT2D eigenvalue weighted by atomic mass is 9.97. The van der Waals surface area contributed by atoms with Gasteiger partial charge in [-0.15, -0.1) is 0 Å². The average molecular weight is 226 g/mol. The number of nitrogens with one attached hydrogen (secondary N) is 1. The summed E-state index contributed by atoms with van der Waals surface area (Å²) < 4.78 is 36.0. The summed E-state index contributed by atoms with van der Waals surface area (Å²) in [6.45, 7) is 5.79. The molecule has 0 amide bonds. The normalized spacial score (nSPS) is 18.6. The molecule has 0 aromatic heterocycles. The van der Waals surface area contributed by atoms with Crippen LogP contribution in [-0.2, 0) is 0 Å². The molecule has 0 aliphatic carbocycles. The van der Waals surface area contributed by atoms with E-state index in [1.807, 2.05) is 13.8 Å². The molecule has 0 fully saturated rings. The topological polar surface area (TPSA) is 38.0 Å². The first-order valence-corrected chi connectivity index (χ1v) is 5.25. The van der Waals surface area contributed by atoms with Crippen molar-refractivity contribution >= 4 is 0 Å². The summed E-state index contributed by atoms with van der Waals surface area (Å²) in [5.41, 5.74) is 5.47. The zero-order valence-corrected chi connectivity index (χ0v) is 9.62. The molecule has 0 rings (SSSR count). The third kappa shape index (κ3) is 8.69. The highest BCUT2D eigenvalue weighted by Gasteiger charge is 2.30. The number of alkyl halides is 3. The van der Waals surface area contributed by atoms with Gasteiger partial charge >= 0.3 is 6.18 Å². The third-order valence-corrected chi connectivity index (χ3v) is 2.21. The van der Waals surface area contributed by atoms with Crippen molar-refractivity contribution in [1.82, 2.24) is 5.32 Å². The Morgan fingerprint density at radius 2 is 1.87 bits per heavy atom. The van der Waals surface area contributed by atoms with Crippen LogP contribution in [0.25, 0.3) is 0 Å². The minimum absolute atomic E-state index is 0.415. The van der Waals surface area contributed by atoms with Crippen LogP contribution in [0.2, 0.25) is 0 Å². The smallest absolute Gasteiger partial charge is 0.324 e. The number of hydrogen-bond donors (Lipinski definition) is 2. The molecular formula is C10H21F3N2. The number of hydrogen-bond acceptors (Lipinski definition) is 2. The third-order valence-electron chi connectivity index (χ3n) is 2.21. The van der Waals surface area contributed by atoms with Gasteiger partial charge in [0.25, 0.3) is 0 Å². The number of nitrogens with two attached hydrogens (primary N) is 1. The fraction of sp³-hybridized carbons (Fsp3) is 1.00. The molecule has 2 atom stereocenters. The molecule has 3 N–H and O–H groups in total. The Kier molecular flexibility index (Phi) is 5.59. The zero-order valence-electron chi connectivity index (χ0n) is 9.62. The molecule has 0 saturated carbocycles. The zero-order chi connectivity index (χ0) is 12.1. The van der Waals surface area contributed by atoms with Gasteiger partial charge in [-0.25, -0.2) is 0 Å². The highest BCUT2D eigenvalue weighted by Crippen LogP contribution is 2.21. The van der Waals surface area contributed by atoms with Crippen molar-refractivity contribution < 1.29 is 13.2 Å². The summed E-state index contributed by atoms with van der Waals surface area (Å²) in [5.74, 6) is 0. The lowest BCUT2D eigenvalue weighted by molar-refractivity contribution is -0.139. The van der Waals surface area contributed by atoms with E-state index >= 15 is 0 Å². The predicted molar refractivity (Wildman–Crippen MR) is 55.6 cm³/mol. The lowest BCUT2D eigenvalue weighted by Crippen LogP contribution is -2.48. The Morgan fingerprint density at radius 1 is 1.33 bits per heavy atom. The molecule has 0 saturated heterocycles. The summed E-state index contributed by atoms with van der Waals surface area (Å²) in [7, 11) is 0. The van der Waals surface area contributed by atoms with Crippen LogP contribution in [-0.4, -0.2) is 24.3 Å². The average Bonchev–Trinajstić information content (AvgIpc) is 1.98. The first kappa shape index (κ1) is 14.7.